The Morgan fingerprint density at radius 3 is 3.05 bits per heavy atom. The third-order valence-electron chi connectivity index (χ3n) is 4.00. The van der Waals surface area contributed by atoms with E-state index >= 15 is 0 Å². The van der Waals surface area contributed by atoms with Crippen LogP contribution in [0.3, 0.4) is 0 Å². The summed E-state index contributed by atoms with van der Waals surface area (Å²) in [6, 6.07) is 0. The molecule has 0 atom stereocenters. The minimum Gasteiger partial charge on any atom is -0.394 e. The first-order valence-electron chi connectivity index (χ1n) is 7.25. The molecule has 20 heavy (non-hydrogen) atoms. The second-order valence-electron chi connectivity index (χ2n) is 5.27. The molecule has 3 heterocycles. The van der Waals surface area contributed by atoms with Gasteiger partial charge in [-0.2, -0.15) is 9.50 Å². The summed E-state index contributed by atoms with van der Waals surface area (Å²) < 4.78 is 4.10. The average molecular weight is 274 g/mol. The van der Waals surface area contributed by atoms with Gasteiger partial charge in [-0.3, -0.25) is 0 Å². The summed E-state index contributed by atoms with van der Waals surface area (Å²) in [5.74, 6) is 1.85. The van der Waals surface area contributed by atoms with Gasteiger partial charge in [0.2, 0.25) is 5.62 Å². The Kier molecular flexibility index (Phi) is 2.73. The molecule has 2 aliphatic rings. The first-order chi connectivity index (χ1) is 9.88. The topological polar surface area (TPSA) is 79.7 Å². The minimum absolute atomic E-state index is 0.0446. The summed E-state index contributed by atoms with van der Waals surface area (Å²) >= 11 is 0. The third kappa shape index (κ3) is 1.66. The standard InChI is InChI=1S/C13H18N6O/c20-8-6-15-12-17-13-16-10-4-2-1-3-9(10)11-14-5-7-18(12)19(11)13/h14,20H,1-8H2. The zero-order valence-corrected chi connectivity index (χ0v) is 11.3. The number of nitrogens with zero attached hydrogens (tertiary/aromatic N) is 5. The number of aliphatic hydroxyl groups is 1. The molecule has 2 N–H and O–H groups in total. The molecule has 0 radical (unpaired) electrons. The lowest BCUT2D eigenvalue weighted by atomic mass is 9.96. The molecule has 0 saturated heterocycles. The lowest BCUT2D eigenvalue weighted by Gasteiger charge is -2.24. The molecule has 0 fully saturated rings. The van der Waals surface area contributed by atoms with Crippen molar-refractivity contribution in [1.29, 1.82) is 0 Å². The van der Waals surface area contributed by atoms with E-state index < -0.39 is 0 Å². The van der Waals surface area contributed by atoms with Crippen LogP contribution in [0.15, 0.2) is 4.99 Å². The molecule has 0 unspecified atom stereocenters. The number of aromatic nitrogens is 4. The maximum Gasteiger partial charge on any atom is 0.254 e. The monoisotopic (exact) mass is 274 g/mol. The zero-order valence-electron chi connectivity index (χ0n) is 11.3. The fraction of sp³-hybridized carbons (Fsp3) is 0.615. The Morgan fingerprint density at radius 2 is 2.15 bits per heavy atom. The van der Waals surface area contributed by atoms with E-state index in [1.165, 1.54) is 24.1 Å². The molecular formula is C13H18N6O. The van der Waals surface area contributed by atoms with E-state index in [-0.39, 0.29) is 6.61 Å². The quantitative estimate of drug-likeness (QED) is 0.790. The van der Waals surface area contributed by atoms with Gasteiger partial charge in [0.25, 0.3) is 5.78 Å². The highest BCUT2D eigenvalue weighted by atomic mass is 16.3. The summed E-state index contributed by atoms with van der Waals surface area (Å²) in [4.78, 5) is 13.6. The van der Waals surface area contributed by atoms with Crippen LogP contribution in [0.25, 0.3) is 5.78 Å². The van der Waals surface area contributed by atoms with Crippen LogP contribution in [0, 0.1) is 0 Å². The van der Waals surface area contributed by atoms with Crippen LogP contribution in [-0.4, -0.2) is 44.0 Å². The van der Waals surface area contributed by atoms with Crippen LogP contribution >= 0.6 is 0 Å². The Balaban J connectivity index is 2.02. The van der Waals surface area contributed by atoms with Gasteiger partial charge in [0.05, 0.1) is 25.4 Å². The highest BCUT2D eigenvalue weighted by molar-refractivity contribution is 5.54. The van der Waals surface area contributed by atoms with Crippen LogP contribution in [0.1, 0.15) is 24.1 Å². The van der Waals surface area contributed by atoms with Crippen molar-refractivity contribution in [2.75, 3.05) is 25.0 Å². The number of aliphatic hydroxyl groups excluding tert-OH is 1. The van der Waals surface area contributed by atoms with Crippen molar-refractivity contribution in [3.63, 3.8) is 0 Å². The van der Waals surface area contributed by atoms with E-state index in [0.29, 0.717) is 17.9 Å². The van der Waals surface area contributed by atoms with E-state index in [1.54, 1.807) is 0 Å². The average Bonchev–Trinajstić information content (AvgIpc) is 2.85. The van der Waals surface area contributed by atoms with Crippen LogP contribution in [0.5, 0.6) is 0 Å². The van der Waals surface area contributed by atoms with Crippen LogP contribution in [0.2, 0.25) is 0 Å². The number of hydrogen-bond donors (Lipinski definition) is 2. The molecular weight excluding hydrogens is 256 g/mol. The van der Waals surface area contributed by atoms with Crippen molar-refractivity contribution in [3.05, 3.63) is 16.9 Å². The summed E-state index contributed by atoms with van der Waals surface area (Å²) in [6.45, 7) is 2.12. The van der Waals surface area contributed by atoms with Crippen molar-refractivity contribution in [2.45, 2.75) is 32.2 Å². The van der Waals surface area contributed by atoms with Gasteiger partial charge in [-0.25, -0.2) is 14.7 Å². The van der Waals surface area contributed by atoms with Crippen LogP contribution < -0.4 is 10.9 Å². The lowest BCUT2D eigenvalue weighted by Crippen LogP contribution is -2.32. The van der Waals surface area contributed by atoms with Gasteiger partial charge < -0.3 is 10.4 Å². The van der Waals surface area contributed by atoms with Gasteiger partial charge in [-0.15, -0.1) is 0 Å². The molecule has 7 heteroatoms. The second-order valence-corrected chi connectivity index (χ2v) is 5.27. The van der Waals surface area contributed by atoms with Gasteiger partial charge in [0, 0.05) is 12.1 Å². The van der Waals surface area contributed by atoms with Crippen molar-refractivity contribution < 1.29 is 5.11 Å². The molecule has 106 valence electrons. The van der Waals surface area contributed by atoms with Crippen LogP contribution in [0.4, 0.5) is 5.82 Å². The van der Waals surface area contributed by atoms with Crippen molar-refractivity contribution in [3.8, 4) is 0 Å². The largest absolute Gasteiger partial charge is 0.394 e. The zero-order chi connectivity index (χ0) is 13.5. The van der Waals surface area contributed by atoms with Crippen molar-refractivity contribution in [1.82, 2.24) is 19.2 Å². The van der Waals surface area contributed by atoms with Gasteiger partial charge in [-0.05, 0) is 25.7 Å². The van der Waals surface area contributed by atoms with E-state index in [2.05, 4.69) is 20.0 Å². The number of nitrogens with one attached hydrogen (secondary N) is 1. The molecule has 0 aromatic carbocycles. The van der Waals surface area contributed by atoms with E-state index in [4.69, 9.17) is 10.1 Å². The van der Waals surface area contributed by atoms with E-state index in [0.717, 1.165) is 31.7 Å². The first-order valence-corrected chi connectivity index (χ1v) is 7.25. The molecule has 0 amide bonds. The van der Waals surface area contributed by atoms with Crippen molar-refractivity contribution in [2.24, 2.45) is 4.99 Å². The highest BCUT2D eigenvalue weighted by Gasteiger charge is 2.23. The number of anilines is 1. The molecule has 2 aromatic rings. The highest BCUT2D eigenvalue weighted by Crippen LogP contribution is 2.28. The molecule has 0 bridgehead atoms. The summed E-state index contributed by atoms with van der Waals surface area (Å²) in [5, 5.41) is 12.4. The number of rotatable bonds is 2. The normalized spacial score (nSPS) is 18.1. The molecule has 7 nitrogen and oxygen atoms in total. The Bertz CT molecular complexity index is 729. The molecule has 1 aliphatic carbocycles. The first kappa shape index (κ1) is 11.9. The van der Waals surface area contributed by atoms with Gasteiger partial charge in [0.15, 0.2) is 0 Å². The molecule has 1 aliphatic heterocycles. The maximum atomic E-state index is 8.94. The van der Waals surface area contributed by atoms with Crippen molar-refractivity contribution >= 4 is 11.6 Å². The predicted molar refractivity (Wildman–Crippen MR) is 73.6 cm³/mol. The summed E-state index contributed by atoms with van der Waals surface area (Å²) in [5.41, 5.74) is 3.18. The molecule has 0 spiro atoms. The van der Waals surface area contributed by atoms with Gasteiger partial charge >= 0.3 is 0 Å². The molecule has 2 aromatic heterocycles. The van der Waals surface area contributed by atoms with E-state index in [9.17, 15) is 0 Å². The van der Waals surface area contributed by atoms with Gasteiger partial charge in [0.1, 0.15) is 5.82 Å². The fourth-order valence-corrected chi connectivity index (χ4v) is 3.13. The minimum atomic E-state index is 0.0446. The SMILES string of the molecule is OCCN=c1nc2nc3c(c4n2n1CCN4)CCCC3. The predicted octanol–water partition coefficient (Wildman–Crippen LogP) is -0.272. The number of hydrogen-bond acceptors (Lipinski definition) is 5. The van der Waals surface area contributed by atoms with Crippen LogP contribution in [-0.2, 0) is 19.4 Å². The molecule has 0 saturated carbocycles. The van der Waals surface area contributed by atoms with Gasteiger partial charge in [-0.1, -0.05) is 0 Å². The summed E-state index contributed by atoms with van der Waals surface area (Å²) in [7, 11) is 0. The fourth-order valence-electron chi connectivity index (χ4n) is 3.13. The Labute approximate surface area is 116 Å². The van der Waals surface area contributed by atoms with E-state index in [1.807, 2.05) is 4.52 Å². The maximum absolute atomic E-state index is 8.94. The smallest absolute Gasteiger partial charge is 0.254 e. The summed E-state index contributed by atoms with van der Waals surface area (Å²) in [6.07, 6.45) is 4.56. The number of aryl methyl sites for hydroxylation is 1. The number of fused-ring (bicyclic) bond motifs is 2. The third-order valence-corrected chi connectivity index (χ3v) is 4.00. The Hall–Kier alpha value is -1.89. The lowest BCUT2D eigenvalue weighted by molar-refractivity contribution is 0.304. The molecule has 4 rings (SSSR count). The Morgan fingerprint density at radius 1 is 1.25 bits per heavy atom. The second kappa shape index (κ2) is 4.59.